The molecular weight excluding hydrogens is 350 g/mol. The highest BCUT2D eigenvalue weighted by Gasteiger charge is 2.10. The van der Waals surface area contributed by atoms with Crippen LogP contribution in [0.3, 0.4) is 0 Å². The average molecular weight is 366 g/mol. The summed E-state index contributed by atoms with van der Waals surface area (Å²) in [6, 6.07) is 16.8. The lowest BCUT2D eigenvalue weighted by atomic mass is 10.2. The van der Waals surface area contributed by atoms with Gasteiger partial charge in [0.25, 0.3) is 5.56 Å². The molecule has 0 aliphatic rings. The minimum atomic E-state index is -0.229. The Morgan fingerprint density at radius 3 is 2.58 bits per heavy atom. The minimum Gasteiger partial charge on any atom is -0.379 e. The molecule has 0 saturated heterocycles. The van der Waals surface area contributed by atoms with Gasteiger partial charge in [-0.25, -0.2) is 0 Å². The van der Waals surface area contributed by atoms with Crippen molar-refractivity contribution < 1.29 is 0 Å². The van der Waals surface area contributed by atoms with E-state index in [4.69, 9.17) is 11.6 Å². The highest BCUT2D eigenvalue weighted by atomic mass is 35.5. The van der Waals surface area contributed by atoms with Gasteiger partial charge in [-0.1, -0.05) is 29.3 Å². The molecule has 0 unspecified atom stereocenters. The van der Waals surface area contributed by atoms with Gasteiger partial charge in [0.05, 0.1) is 6.54 Å². The molecule has 6 nitrogen and oxygen atoms in total. The number of aromatic amines is 1. The quantitative estimate of drug-likeness (QED) is 0.578. The van der Waals surface area contributed by atoms with E-state index < -0.39 is 0 Å². The van der Waals surface area contributed by atoms with Crippen molar-refractivity contribution >= 4 is 23.1 Å². The van der Waals surface area contributed by atoms with Crippen LogP contribution in [0.4, 0.5) is 5.69 Å². The second kappa shape index (κ2) is 6.65. The fourth-order valence-corrected chi connectivity index (χ4v) is 2.75. The van der Waals surface area contributed by atoms with Crippen molar-refractivity contribution in [1.82, 2.24) is 19.6 Å². The molecule has 7 heteroatoms. The summed E-state index contributed by atoms with van der Waals surface area (Å²) in [6.07, 6.45) is 0. The molecule has 130 valence electrons. The van der Waals surface area contributed by atoms with Gasteiger partial charge in [-0.3, -0.25) is 4.79 Å². The number of anilines is 1. The summed E-state index contributed by atoms with van der Waals surface area (Å²) >= 11 is 5.91. The van der Waals surface area contributed by atoms with Gasteiger partial charge >= 0.3 is 0 Å². The van der Waals surface area contributed by atoms with E-state index in [1.165, 1.54) is 16.1 Å². The second-order valence-corrected chi connectivity index (χ2v) is 6.47. The zero-order chi connectivity index (χ0) is 18.1. The summed E-state index contributed by atoms with van der Waals surface area (Å²) in [5, 5.41) is 8.20. The lowest BCUT2D eigenvalue weighted by Gasteiger charge is -2.06. The standard InChI is InChI=1S/C19H16ClN5O/c1-12-2-8-15(9-3-12)21-11-16-10-17(26)25-19(22-16)23-18(24-25)13-4-6-14(20)7-5-13/h2-10,21H,11H2,1H3,(H,22,23,24). The van der Waals surface area contributed by atoms with Crippen molar-refractivity contribution in [2.45, 2.75) is 13.5 Å². The lowest BCUT2D eigenvalue weighted by molar-refractivity contribution is 0.879. The molecule has 0 amide bonds. The molecule has 0 fully saturated rings. The third-order valence-corrected chi connectivity index (χ3v) is 4.27. The van der Waals surface area contributed by atoms with E-state index in [1.54, 1.807) is 12.1 Å². The predicted octanol–water partition coefficient (Wildman–Crippen LogP) is 3.66. The zero-order valence-corrected chi connectivity index (χ0v) is 14.8. The van der Waals surface area contributed by atoms with Crippen molar-refractivity contribution in [2.75, 3.05) is 5.32 Å². The Kier molecular flexibility index (Phi) is 4.18. The van der Waals surface area contributed by atoms with E-state index in [-0.39, 0.29) is 5.56 Å². The molecule has 0 aliphatic carbocycles. The maximum Gasteiger partial charge on any atom is 0.275 e. The summed E-state index contributed by atoms with van der Waals surface area (Å²) in [4.78, 5) is 19.9. The maximum atomic E-state index is 12.3. The van der Waals surface area contributed by atoms with Gasteiger partial charge in [0.2, 0.25) is 5.78 Å². The van der Waals surface area contributed by atoms with Gasteiger partial charge in [-0.15, -0.1) is 5.10 Å². The summed E-state index contributed by atoms with van der Waals surface area (Å²) < 4.78 is 1.26. The molecule has 0 spiro atoms. The van der Waals surface area contributed by atoms with Crippen molar-refractivity contribution in [3.8, 4) is 11.4 Å². The average Bonchev–Trinajstić information content (AvgIpc) is 3.07. The van der Waals surface area contributed by atoms with Crippen LogP contribution in [-0.4, -0.2) is 19.6 Å². The third-order valence-electron chi connectivity index (χ3n) is 4.02. The largest absolute Gasteiger partial charge is 0.379 e. The van der Waals surface area contributed by atoms with Crippen LogP contribution in [0.2, 0.25) is 5.02 Å². The number of halogens is 1. The van der Waals surface area contributed by atoms with Gasteiger partial charge in [0, 0.05) is 28.0 Å². The monoisotopic (exact) mass is 365 g/mol. The Labute approximate surface area is 154 Å². The fraction of sp³-hybridized carbons (Fsp3) is 0.105. The lowest BCUT2D eigenvalue weighted by Crippen LogP contribution is -2.17. The Hall–Kier alpha value is -3.12. The van der Waals surface area contributed by atoms with E-state index in [9.17, 15) is 4.79 Å². The first kappa shape index (κ1) is 16.4. The number of aromatic nitrogens is 4. The van der Waals surface area contributed by atoms with Crippen LogP contribution in [0.5, 0.6) is 0 Å². The Bertz CT molecular complexity index is 1110. The van der Waals surface area contributed by atoms with Crippen molar-refractivity contribution in [3.63, 3.8) is 0 Å². The van der Waals surface area contributed by atoms with E-state index in [2.05, 4.69) is 20.4 Å². The summed E-state index contributed by atoms with van der Waals surface area (Å²) in [6.45, 7) is 2.52. The number of rotatable bonds is 4. The molecule has 0 bridgehead atoms. The van der Waals surface area contributed by atoms with Crippen LogP contribution in [0.25, 0.3) is 17.2 Å². The van der Waals surface area contributed by atoms with Crippen LogP contribution in [0.15, 0.2) is 59.4 Å². The number of aryl methyl sites for hydroxylation is 1. The molecule has 0 aliphatic heterocycles. The minimum absolute atomic E-state index is 0.229. The van der Waals surface area contributed by atoms with Gasteiger partial charge in [0.15, 0.2) is 5.82 Å². The summed E-state index contributed by atoms with van der Waals surface area (Å²) in [5.41, 5.74) is 3.48. The Morgan fingerprint density at radius 2 is 1.85 bits per heavy atom. The van der Waals surface area contributed by atoms with Crippen LogP contribution in [-0.2, 0) is 6.54 Å². The highest BCUT2D eigenvalue weighted by Crippen LogP contribution is 2.18. The number of hydrogen-bond donors (Lipinski definition) is 2. The number of benzene rings is 2. The summed E-state index contributed by atoms with van der Waals surface area (Å²) in [7, 11) is 0. The molecule has 26 heavy (non-hydrogen) atoms. The van der Waals surface area contributed by atoms with Gasteiger partial charge in [0.1, 0.15) is 0 Å². The SMILES string of the molecule is Cc1ccc(NCc2cc(=O)n3nc(-c4ccc(Cl)cc4)nc3[nH]2)cc1. The molecule has 2 aromatic heterocycles. The highest BCUT2D eigenvalue weighted by molar-refractivity contribution is 6.30. The van der Waals surface area contributed by atoms with Crippen LogP contribution in [0, 0.1) is 6.92 Å². The van der Waals surface area contributed by atoms with Gasteiger partial charge in [-0.05, 0) is 43.3 Å². The van der Waals surface area contributed by atoms with E-state index in [0.29, 0.717) is 23.2 Å². The first-order valence-electron chi connectivity index (χ1n) is 8.14. The molecule has 2 N–H and O–H groups in total. The van der Waals surface area contributed by atoms with E-state index in [0.717, 1.165) is 16.9 Å². The van der Waals surface area contributed by atoms with Gasteiger partial charge < -0.3 is 10.3 Å². The van der Waals surface area contributed by atoms with Crippen LogP contribution in [0.1, 0.15) is 11.3 Å². The second-order valence-electron chi connectivity index (χ2n) is 6.03. The normalized spacial score (nSPS) is 11.0. The number of hydrogen-bond acceptors (Lipinski definition) is 4. The topological polar surface area (TPSA) is 75.1 Å². The van der Waals surface area contributed by atoms with Crippen LogP contribution >= 0.6 is 11.6 Å². The fourth-order valence-electron chi connectivity index (χ4n) is 2.62. The number of H-pyrrole nitrogens is 1. The first-order valence-corrected chi connectivity index (χ1v) is 8.52. The van der Waals surface area contributed by atoms with Crippen molar-refractivity contribution in [1.29, 1.82) is 0 Å². The van der Waals surface area contributed by atoms with Crippen molar-refractivity contribution in [3.05, 3.63) is 81.2 Å². The third kappa shape index (κ3) is 3.32. The first-order chi connectivity index (χ1) is 12.6. The molecule has 2 heterocycles. The van der Waals surface area contributed by atoms with Gasteiger partial charge in [-0.2, -0.15) is 9.50 Å². The smallest absolute Gasteiger partial charge is 0.275 e. The maximum absolute atomic E-state index is 12.3. The number of nitrogens with zero attached hydrogens (tertiary/aromatic N) is 3. The Morgan fingerprint density at radius 1 is 1.12 bits per heavy atom. The molecule has 0 atom stereocenters. The molecule has 4 aromatic rings. The van der Waals surface area contributed by atoms with E-state index in [1.807, 2.05) is 43.3 Å². The number of nitrogens with one attached hydrogen (secondary N) is 2. The predicted molar refractivity (Wildman–Crippen MR) is 103 cm³/mol. The molecule has 0 saturated carbocycles. The van der Waals surface area contributed by atoms with Crippen LogP contribution < -0.4 is 10.9 Å². The van der Waals surface area contributed by atoms with Crippen molar-refractivity contribution in [2.24, 2.45) is 0 Å². The molecule has 0 radical (unpaired) electrons. The zero-order valence-electron chi connectivity index (χ0n) is 14.0. The molecule has 2 aromatic carbocycles. The molecule has 4 rings (SSSR count). The number of fused-ring (bicyclic) bond motifs is 1. The Balaban J connectivity index is 1.62. The summed E-state index contributed by atoms with van der Waals surface area (Å²) in [5.74, 6) is 0.877. The molecular formula is C19H16ClN5O. The van der Waals surface area contributed by atoms with E-state index >= 15 is 0 Å².